The number of nitrogens with zero attached hydrogens (tertiary/aromatic N) is 2. The summed E-state index contributed by atoms with van der Waals surface area (Å²) in [5.41, 5.74) is 3.37. The van der Waals surface area contributed by atoms with Crippen LogP contribution in [-0.4, -0.2) is 40.4 Å². The van der Waals surface area contributed by atoms with Crippen LogP contribution in [0.3, 0.4) is 0 Å². The Kier molecular flexibility index (Phi) is 4.23. The molecule has 0 amide bonds. The number of benzene rings is 1. The van der Waals surface area contributed by atoms with Gasteiger partial charge < -0.3 is 9.97 Å². The Morgan fingerprint density at radius 1 is 1.17 bits per heavy atom. The lowest BCUT2D eigenvalue weighted by molar-refractivity contribution is 0.0860. The first-order valence-electron chi connectivity index (χ1n) is 9.01. The highest BCUT2D eigenvalue weighted by Gasteiger charge is 2.26. The molecule has 0 atom stereocenters. The highest BCUT2D eigenvalue weighted by molar-refractivity contribution is 7.92. The van der Waals surface area contributed by atoms with Gasteiger partial charge in [-0.1, -0.05) is 20.8 Å². The van der Waals surface area contributed by atoms with E-state index in [1.165, 1.54) is 0 Å². The number of fused-ring (bicyclic) bond motifs is 2. The quantitative estimate of drug-likeness (QED) is 0.442. The van der Waals surface area contributed by atoms with Crippen molar-refractivity contribution in [3.05, 3.63) is 42.4 Å². The minimum atomic E-state index is -3.46. The predicted molar refractivity (Wildman–Crippen MR) is 113 cm³/mol. The molecule has 0 unspecified atom stereocenters. The first kappa shape index (κ1) is 19.1. The van der Waals surface area contributed by atoms with E-state index >= 15 is 0 Å². The van der Waals surface area contributed by atoms with Crippen molar-refractivity contribution in [3.63, 3.8) is 0 Å². The Hall–Kier alpha value is -3.20. The Morgan fingerprint density at radius 3 is 2.62 bits per heavy atom. The van der Waals surface area contributed by atoms with Crippen LogP contribution in [0.2, 0.25) is 0 Å². The van der Waals surface area contributed by atoms with E-state index in [9.17, 15) is 13.2 Å². The number of nitrogens with one attached hydrogen (secondary N) is 3. The molecule has 3 aromatic heterocycles. The van der Waals surface area contributed by atoms with Crippen LogP contribution in [-0.2, 0) is 10.0 Å². The van der Waals surface area contributed by atoms with Gasteiger partial charge in [-0.05, 0) is 18.2 Å². The number of aromatic amines is 2. The standard InChI is InChI=1S/C20H21N5O3S/c1-20(2,3)18(26)13-9-22-19-17(13)24-16(10-23-19)11-7-14-12(5-6-21-14)15(8-11)25-29(4,27)28/h5-10,21,25H,1-4H3,(H,22,23). The second kappa shape index (κ2) is 6.41. The zero-order valence-corrected chi connectivity index (χ0v) is 17.3. The van der Waals surface area contributed by atoms with Crippen LogP contribution >= 0.6 is 0 Å². The average molecular weight is 411 g/mol. The Balaban J connectivity index is 1.89. The van der Waals surface area contributed by atoms with Gasteiger partial charge in [-0.25, -0.2) is 18.4 Å². The van der Waals surface area contributed by atoms with E-state index in [2.05, 4.69) is 24.7 Å². The van der Waals surface area contributed by atoms with Crippen molar-refractivity contribution in [2.75, 3.05) is 11.0 Å². The minimum Gasteiger partial charge on any atom is -0.361 e. The zero-order valence-electron chi connectivity index (χ0n) is 16.5. The molecule has 4 aromatic rings. The number of hydrogen-bond donors (Lipinski definition) is 3. The van der Waals surface area contributed by atoms with Crippen LogP contribution in [0.25, 0.3) is 33.3 Å². The fourth-order valence-corrected chi connectivity index (χ4v) is 3.78. The second-order valence-electron chi connectivity index (χ2n) is 8.07. The number of anilines is 1. The van der Waals surface area contributed by atoms with E-state index in [4.69, 9.17) is 0 Å². The second-order valence-corrected chi connectivity index (χ2v) is 9.82. The highest BCUT2D eigenvalue weighted by Crippen LogP contribution is 2.32. The van der Waals surface area contributed by atoms with Gasteiger partial charge in [0, 0.05) is 34.3 Å². The summed E-state index contributed by atoms with van der Waals surface area (Å²) >= 11 is 0. The number of carbonyl (C=O) groups is 1. The third kappa shape index (κ3) is 3.61. The zero-order chi connectivity index (χ0) is 21.0. The molecule has 0 saturated heterocycles. The number of carbonyl (C=O) groups excluding carboxylic acids is 1. The summed E-state index contributed by atoms with van der Waals surface area (Å²) in [6, 6.07) is 5.38. The Morgan fingerprint density at radius 2 is 1.93 bits per heavy atom. The Labute approximate surface area is 167 Å². The van der Waals surface area contributed by atoms with Gasteiger partial charge >= 0.3 is 0 Å². The van der Waals surface area contributed by atoms with Crippen LogP contribution in [0.15, 0.2) is 36.8 Å². The third-order valence-corrected chi connectivity index (χ3v) is 5.16. The summed E-state index contributed by atoms with van der Waals surface area (Å²) in [6.45, 7) is 5.56. The van der Waals surface area contributed by atoms with E-state index < -0.39 is 15.4 Å². The van der Waals surface area contributed by atoms with Crippen LogP contribution < -0.4 is 4.72 Å². The molecule has 0 aliphatic heterocycles. The molecule has 0 fully saturated rings. The molecule has 1 aromatic carbocycles. The van der Waals surface area contributed by atoms with E-state index in [1.54, 1.807) is 30.7 Å². The van der Waals surface area contributed by atoms with Crippen LogP contribution in [0.1, 0.15) is 31.1 Å². The third-order valence-electron chi connectivity index (χ3n) is 4.57. The molecule has 8 nitrogen and oxygen atoms in total. The van der Waals surface area contributed by atoms with Gasteiger partial charge in [-0.2, -0.15) is 0 Å². The van der Waals surface area contributed by atoms with Gasteiger partial charge in [0.05, 0.1) is 29.4 Å². The monoisotopic (exact) mass is 411 g/mol. The molecule has 0 saturated carbocycles. The van der Waals surface area contributed by atoms with Gasteiger partial charge in [-0.15, -0.1) is 0 Å². The Bertz CT molecular complexity index is 1360. The van der Waals surface area contributed by atoms with E-state index in [0.29, 0.717) is 33.7 Å². The van der Waals surface area contributed by atoms with Gasteiger partial charge in [0.2, 0.25) is 10.0 Å². The molecular formula is C20H21N5O3S. The van der Waals surface area contributed by atoms with Crippen molar-refractivity contribution < 1.29 is 13.2 Å². The number of hydrogen-bond acceptors (Lipinski definition) is 5. The number of sulfonamides is 1. The molecule has 0 bridgehead atoms. The summed E-state index contributed by atoms with van der Waals surface area (Å²) in [4.78, 5) is 27.9. The molecule has 29 heavy (non-hydrogen) atoms. The molecule has 0 aliphatic carbocycles. The average Bonchev–Trinajstić information content (AvgIpc) is 3.25. The van der Waals surface area contributed by atoms with Gasteiger partial charge in [0.1, 0.15) is 5.52 Å². The van der Waals surface area contributed by atoms with Crippen LogP contribution in [0.5, 0.6) is 0 Å². The maximum Gasteiger partial charge on any atom is 0.229 e. The van der Waals surface area contributed by atoms with Crippen molar-refractivity contribution in [2.45, 2.75) is 20.8 Å². The van der Waals surface area contributed by atoms with E-state index in [-0.39, 0.29) is 5.78 Å². The lowest BCUT2D eigenvalue weighted by Gasteiger charge is -2.15. The largest absolute Gasteiger partial charge is 0.361 e. The van der Waals surface area contributed by atoms with Gasteiger partial charge in [0.25, 0.3) is 0 Å². The molecule has 0 radical (unpaired) electrons. The molecule has 9 heteroatoms. The smallest absolute Gasteiger partial charge is 0.229 e. The van der Waals surface area contributed by atoms with Crippen molar-refractivity contribution in [1.82, 2.24) is 19.9 Å². The summed E-state index contributed by atoms with van der Waals surface area (Å²) in [5.74, 6) is -0.0329. The minimum absolute atomic E-state index is 0.0329. The fraction of sp³-hybridized carbons (Fsp3) is 0.250. The number of rotatable bonds is 4. The number of H-pyrrole nitrogens is 2. The highest BCUT2D eigenvalue weighted by atomic mass is 32.2. The molecule has 4 rings (SSSR count). The summed E-state index contributed by atoms with van der Waals surface area (Å²) in [7, 11) is -3.46. The first-order valence-corrected chi connectivity index (χ1v) is 10.9. The molecule has 3 N–H and O–H groups in total. The number of aromatic nitrogens is 4. The lowest BCUT2D eigenvalue weighted by atomic mass is 9.87. The van der Waals surface area contributed by atoms with E-state index in [0.717, 1.165) is 17.2 Å². The SMILES string of the molecule is CC(C)(C)C(=O)c1c[nH]c2ncc(-c3cc(NS(C)(=O)=O)c4cc[nH]c4c3)nc12. The summed E-state index contributed by atoms with van der Waals surface area (Å²) in [5, 5.41) is 0.749. The number of Topliss-reactive ketones (excluding diaryl/α,β-unsaturated/α-hetero) is 1. The predicted octanol–water partition coefficient (Wildman–Crippen LogP) is 3.71. The number of ketones is 1. The van der Waals surface area contributed by atoms with Crippen LogP contribution in [0, 0.1) is 5.41 Å². The van der Waals surface area contributed by atoms with Crippen LogP contribution in [0.4, 0.5) is 5.69 Å². The maximum absolute atomic E-state index is 12.8. The van der Waals surface area contributed by atoms with Crippen molar-refractivity contribution >= 4 is 43.6 Å². The molecular weight excluding hydrogens is 390 g/mol. The van der Waals surface area contributed by atoms with Crippen molar-refractivity contribution in [3.8, 4) is 11.3 Å². The molecule has 150 valence electrons. The van der Waals surface area contributed by atoms with Gasteiger partial charge in [-0.3, -0.25) is 9.52 Å². The molecule has 3 heterocycles. The molecule has 0 spiro atoms. The van der Waals surface area contributed by atoms with Gasteiger partial charge in [0.15, 0.2) is 11.4 Å². The topological polar surface area (TPSA) is 121 Å². The normalized spacial score (nSPS) is 12.6. The lowest BCUT2D eigenvalue weighted by Crippen LogP contribution is -2.20. The summed E-state index contributed by atoms with van der Waals surface area (Å²) in [6.07, 6.45) is 6.07. The van der Waals surface area contributed by atoms with Crippen molar-refractivity contribution in [1.29, 1.82) is 0 Å². The molecule has 0 aliphatic rings. The maximum atomic E-state index is 12.8. The summed E-state index contributed by atoms with van der Waals surface area (Å²) < 4.78 is 26.1. The first-order chi connectivity index (χ1) is 13.5. The van der Waals surface area contributed by atoms with E-state index in [1.807, 2.05) is 26.8 Å². The fourth-order valence-electron chi connectivity index (χ4n) is 3.21. The van der Waals surface area contributed by atoms with Crippen molar-refractivity contribution in [2.24, 2.45) is 5.41 Å².